The zero-order chi connectivity index (χ0) is 22.0. The Kier molecular flexibility index (Phi) is 10.8. The van der Waals surface area contributed by atoms with E-state index in [9.17, 15) is 24.0 Å². The van der Waals surface area contributed by atoms with Crippen molar-refractivity contribution in [3.63, 3.8) is 0 Å². The minimum Gasteiger partial charge on any atom is -0.480 e. The van der Waals surface area contributed by atoms with Crippen LogP contribution in [0.15, 0.2) is 0 Å². The van der Waals surface area contributed by atoms with Crippen LogP contribution in [-0.4, -0.2) is 58.9 Å². The molecule has 0 spiro atoms. The Labute approximate surface area is 164 Å². The van der Waals surface area contributed by atoms with Crippen molar-refractivity contribution in [2.45, 2.75) is 71.1 Å². The Morgan fingerprint density at radius 1 is 0.893 bits per heavy atom. The van der Waals surface area contributed by atoms with Gasteiger partial charge in [0.05, 0.1) is 6.04 Å². The third-order valence-corrected chi connectivity index (χ3v) is 4.31. The molecule has 0 heterocycles. The van der Waals surface area contributed by atoms with Crippen molar-refractivity contribution in [2.24, 2.45) is 17.4 Å². The first-order chi connectivity index (χ1) is 12.9. The zero-order valence-corrected chi connectivity index (χ0v) is 16.7. The first-order valence-corrected chi connectivity index (χ1v) is 9.08. The third kappa shape index (κ3) is 8.80. The number of hydrogen-bond acceptors (Lipinski definition) is 6. The Bertz CT molecular complexity index is 597. The fourth-order valence-corrected chi connectivity index (χ4v) is 2.16. The van der Waals surface area contributed by atoms with Gasteiger partial charge in [-0.3, -0.25) is 24.0 Å². The predicted octanol–water partition coefficient (Wildman–Crippen LogP) is -1.80. The molecular formula is C17H31N5O6. The number of carboxylic acid groups (broad SMARTS) is 1. The van der Waals surface area contributed by atoms with Gasteiger partial charge in [-0.05, 0) is 26.2 Å². The number of carbonyl (C=O) groups excluding carboxylic acids is 4. The molecule has 0 fully saturated rings. The molecule has 0 saturated heterocycles. The SMILES string of the molecule is CCC(C)C(NC(=O)C(N)CCC(N)=O)C(=O)NC(C)C(=O)NC(C)C(=O)O. The summed E-state index contributed by atoms with van der Waals surface area (Å²) in [5.74, 6) is -3.94. The fourth-order valence-electron chi connectivity index (χ4n) is 2.16. The van der Waals surface area contributed by atoms with Gasteiger partial charge in [-0.25, -0.2) is 0 Å². The van der Waals surface area contributed by atoms with E-state index < -0.39 is 53.8 Å². The topological polar surface area (TPSA) is 194 Å². The number of amides is 4. The molecule has 0 rings (SSSR count). The van der Waals surface area contributed by atoms with Crippen LogP contribution in [-0.2, 0) is 24.0 Å². The van der Waals surface area contributed by atoms with Crippen molar-refractivity contribution in [2.75, 3.05) is 0 Å². The summed E-state index contributed by atoms with van der Waals surface area (Å²) < 4.78 is 0. The smallest absolute Gasteiger partial charge is 0.325 e. The number of nitrogens with two attached hydrogens (primary N) is 2. The number of nitrogens with one attached hydrogen (secondary N) is 3. The van der Waals surface area contributed by atoms with Gasteiger partial charge in [0.15, 0.2) is 0 Å². The van der Waals surface area contributed by atoms with Gasteiger partial charge in [0.2, 0.25) is 23.6 Å². The highest BCUT2D eigenvalue weighted by molar-refractivity contribution is 5.94. The second-order valence-electron chi connectivity index (χ2n) is 6.78. The van der Waals surface area contributed by atoms with Crippen molar-refractivity contribution in [3.8, 4) is 0 Å². The van der Waals surface area contributed by atoms with Crippen LogP contribution in [0.4, 0.5) is 0 Å². The second kappa shape index (κ2) is 11.9. The van der Waals surface area contributed by atoms with E-state index in [1.54, 1.807) is 6.92 Å². The van der Waals surface area contributed by atoms with Gasteiger partial charge in [0.1, 0.15) is 18.1 Å². The molecule has 0 aromatic rings. The van der Waals surface area contributed by atoms with Crippen molar-refractivity contribution in [1.29, 1.82) is 0 Å². The molecule has 0 aromatic heterocycles. The number of carbonyl (C=O) groups is 5. The minimum absolute atomic E-state index is 0.0435. The maximum atomic E-state index is 12.6. The lowest BCUT2D eigenvalue weighted by Crippen LogP contribution is -2.57. The van der Waals surface area contributed by atoms with Crippen LogP contribution in [0.3, 0.4) is 0 Å². The molecule has 0 bridgehead atoms. The van der Waals surface area contributed by atoms with Crippen LogP contribution in [0.5, 0.6) is 0 Å². The van der Waals surface area contributed by atoms with Crippen LogP contribution in [0.2, 0.25) is 0 Å². The van der Waals surface area contributed by atoms with E-state index in [0.29, 0.717) is 6.42 Å². The lowest BCUT2D eigenvalue weighted by atomic mass is 9.97. The summed E-state index contributed by atoms with van der Waals surface area (Å²) in [5.41, 5.74) is 10.7. The monoisotopic (exact) mass is 401 g/mol. The highest BCUT2D eigenvalue weighted by Crippen LogP contribution is 2.09. The Morgan fingerprint density at radius 3 is 1.89 bits per heavy atom. The minimum atomic E-state index is -1.21. The quantitative estimate of drug-likeness (QED) is 0.222. The summed E-state index contributed by atoms with van der Waals surface area (Å²) in [6, 6.07) is -4.09. The van der Waals surface area contributed by atoms with Gasteiger partial charge < -0.3 is 32.5 Å². The summed E-state index contributed by atoms with van der Waals surface area (Å²) in [7, 11) is 0. The largest absolute Gasteiger partial charge is 0.480 e. The van der Waals surface area contributed by atoms with Crippen LogP contribution < -0.4 is 27.4 Å². The lowest BCUT2D eigenvalue weighted by Gasteiger charge is -2.26. The van der Waals surface area contributed by atoms with Gasteiger partial charge in [-0.2, -0.15) is 0 Å². The van der Waals surface area contributed by atoms with E-state index >= 15 is 0 Å². The predicted molar refractivity (Wildman–Crippen MR) is 101 cm³/mol. The molecule has 4 amide bonds. The molecule has 160 valence electrons. The second-order valence-corrected chi connectivity index (χ2v) is 6.78. The summed E-state index contributed by atoms with van der Waals surface area (Å²) >= 11 is 0. The van der Waals surface area contributed by atoms with Crippen molar-refractivity contribution < 1.29 is 29.1 Å². The van der Waals surface area contributed by atoms with E-state index in [2.05, 4.69) is 16.0 Å². The molecule has 0 aliphatic heterocycles. The molecule has 5 atom stereocenters. The first-order valence-electron chi connectivity index (χ1n) is 9.08. The first kappa shape index (κ1) is 25.3. The van der Waals surface area contributed by atoms with Crippen molar-refractivity contribution >= 4 is 29.6 Å². The summed E-state index contributed by atoms with van der Waals surface area (Å²) in [4.78, 5) is 58.4. The van der Waals surface area contributed by atoms with Gasteiger partial charge >= 0.3 is 5.97 Å². The van der Waals surface area contributed by atoms with Crippen LogP contribution in [0.25, 0.3) is 0 Å². The van der Waals surface area contributed by atoms with Crippen molar-refractivity contribution in [1.82, 2.24) is 16.0 Å². The molecule has 11 nitrogen and oxygen atoms in total. The fraction of sp³-hybridized carbons (Fsp3) is 0.706. The Morgan fingerprint density at radius 2 is 1.43 bits per heavy atom. The molecule has 0 aliphatic carbocycles. The maximum absolute atomic E-state index is 12.6. The number of primary amides is 1. The van der Waals surface area contributed by atoms with Crippen molar-refractivity contribution in [3.05, 3.63) is 0 Å². The average Bonchev–Trinajstić information content (AvgIpc) is 2.62. The third-order valence-electron chi connectivity index (χ3n) is 4.31. The van der Waals surface area contributed by atoms with Gasteiger partial charge in [0, 0.05) is 6.42 Å². The molecule has 0 saturated carbocycles. The molecular weight excluding hydrogens is 370 g/mol. The number of hydrogen-bond donors (Lipinski definition) is 6. The summed E-state index contributed by atoms with van der Waals surface area (Å²) in [6.07, 6.45) is 0.543. The molecule has 5 unspecified atom stereocenters. The number of rotatable bonds is 12. The van der Waals surface area contributed by atoms with Gasteiger partial charge in [-0.15, -0.1) is 0 Å². The molecule has 0 radical (unpaired) electrons. The standard InChI is InChI=1S/C17H31N5O6/c1-5-8(2)13(22-15(25)11(18)6-7-12(19)23)16(26)20-9(3)14(24)21-10(4)17(27)28/h8-11,13H,5-7,18H2,1-4H3,(H2,19,23)(H,20,26)(H,21,24)(H,22,25)(H,27,28). The van der Waals surface area contributed by atoms with E-state index in [-0.39, 0.29) is 18.8 Å². The number of aliphatic carboxylic acids is 1. The maximum Gasteiger partial charge on any atom is 0.325 e. The Balaban J connectivity index is 4.98. The lowest BCUT2D eigenvalue weighted by molar-refractivity contribution is -0.141. The van der Waals surface area contributed by atoms with Crippen LogP contribution in [0, 0.1) is 5.92 Å². The molecule has 8 N–H and O–H groups in total. The number of carboxylic acids is 1. The van der Waals surface area contributed by atoms with Crippen LogP contribution >= 0.6 is 0 Å². The molecule has 11 heteroatoms. The summed E-state index contributed by atoms with van der Waals surface area (Å²) in [5, 5.41) is 16.1. The van der Waals surface area contributed by atoms with E-state index in [1.807, 2.05) is 6.92 Å². The highest BCUT2D eigenvalue weighted by atomic mass is 16.4. The molecule has 28 heavy (non-hydrogen) atoms. The highest BCUT2D eigenvalue weighted by Gasteiger charge is 2.30. The Hall–Kier alpha value is -2.69. The van der Waals surface area contributed by atoms with Gasteiger partial charge in [0.25, 0.3) is 0 Å². The summed E-state index contributed by atoms with van der Waals surface area (Å²) in [6.45, 7) is 6.27. The molecule has 0 aliphatic rings. The molecule has 0 aromatic carbocycles. The van der Waals surface area contributed by atoms with E-state index in [0.717, 1.165) is 0 Å². The average molecular weight is 401 g/mol. The zero-order valence-electron chi connectivity index (χ0n) is 16.7. The normalized spacial score (nSPS) is 16.0. The van der Waals surface area contributed by atoms with Gasteiger partial charge in [-0.1, -0.05) is 20.3 Å². The van der Waals surface area contributed by atoms with E-state index in [1.165, 1.54) is 13.8 Å². The van der Waals surface area contributed by atoms with Crippen LogP contribution in [0.1, 0.15) is 47.0 Å². The van der Waals surface area contributed by atoms with E-state index in [4.69, 9.17) is 16.6 Å².